The smallest absolute Gasteiger partial charge is 0.255 e. The highest BCUT2D eigenvalue weighted by Crippen LogP contribution is 2.34. The van der Waals surface area contributed by atoms with Crippen molar-refractivity contribution in [2.24, 2.45) is 0 Å². The number of sulfonamides is 1. The van der Waals surface area contributed by atoms with Crippen LogP contribution in [0.3, 0.4) is 0 Å². The van der Waals surface area contributed by atoms with Crippen LogP contribution < -0.4 is 10.1 Å². The van der Waals surface area contributed by atoms with Gasteiger partial charge in [-0.1, -0.05) is 36.9 Å². The van der Waals surface area contributed by atoms with Gasteiger partial charge in [-0.05, 0) is 36.1 Å². The standard InChI is InChI=1S/C27H32N4O5S/c1-19-6-11-24(26(32)28-19)31-17-23-22(27(31)33)4-3-5-25(23)36-18-21-9-7-20(8-10-21)16-29-12-14-30(15-13-29)37(2,34)35/h3-5,7-10,24H,1,6,11-18H2,2H3,(H,28,32). The molecule has 3 heterocycles. The second kappa shape index (κ2) is 10.3. The van der Waals surface area contributed by atoms with Crippen molar-refractivity contribution in [1.82, 2.24) is 19.4 Å². The van der Waals surface area contributed by atoms with E-state index in [4.69, 9.17) is 4.74 Å². The van der Waals surface area contributed by atoms with Crippen LogP contribution >= 0.6 is 0 Å². The second-order valence-corrected chi connectivity index (χ2v) is 11.9. The van der Waals surface area contributed by atoms with Crippen molar-refractivity contribution in [3.05, 3.63) is 77.0 Å². The Bertz CT molecular complexity index is 1320. The van der Waals surface area contributed by atoms with Crippen LogP contribution in [0.4, 0.5) is 0 Å². The first-order chi connectivity index (χ1) is 17.7. The number of hydrogen-bond acceptors (Lipinski definition) is 6. The molecule has 5 rings (SSSR count). The lowest BCUT2D eigenvalue weighted by Gasteiger charge is -2.33. The van der Waals surface area contributed by atoms with Crippen molar-refractivity contribution in [3.8, 4) is 5.75 Å². The number of hydrogen-bond donors (Lipinski definition) is 1. The quantitative estimate of drug-likeness (QED) is 0.596. The van der Waals surface area contributed by atoms with Gasteiger partial charge in [-0.15, -0.1) is 0 Å². The van der Waals surface area contributed by atoms with Gasteiger partial charge >= 0.3 is 0 Å². The molecule has 37 heavy (non-hydrogen) atoms. The Kier molecular flexibility index (Phi) is 7.06. The van der Waals surface area contributed by atoms with E-state index in [2.05, 4.69) is 28.9 Å². The predicted octanol–water partition coefficient (Wildman–Crippen LogP) is 2.09. The molecule has 9 nitrogen and oxygen atoms in total. The molecule has 3 aliphatic heterocycles. The van der Waals surface area contributed by atoms with Gasteiger partial charge in [-0.25, -0.2) is 8.42 Å². The zero-order valence-corrected chi connectivity index (χ0v) is 21.8. The maximum atomic E-state index is 13.0. The average molecular weight is 525 g/mol. The first-order valence-corrected chi connectivity index (χ1v) is 14.3. The Balaban J connectivity index is 1.18. The van der Waals surface area contributed by atoms with Crippen LogP contribution in [0, 0.1) is 0 Å². The highest BCUT2D eigenvalue weighted by Gasteiger charge is 2.39. The molecule has 0 spiro atoms. The lowest BCUT2D eigenvalue weighted by molar-refractivity contribution is -0.126. The topological polar surface area (TPSA) is 99.3 Å². The number of rotatable bonds is 7. The van der Waals surface area contributed by atoms with Crippen LogP contribution in [0.5, 0.6) is 5.75 Å². The van der Waals surface area contributed by atoms with Gasteiger partial charge in [0.15, 0.2) is 0 Å². The Labute approximate surface area is 217 Å². The van der Waals surface area contributed by atoms with Gasteiger partial charge in [0, 0.05) is 49.5 Å². The lowest BCUT2D eigenvalue weighted by atomic mass is 10.0. The minimum absolute atomic E-state index is 0.144. The molecule has 2 fully saturated rings. The Morgan fingerprint density at radius 3 is 2.41 bits per heavy atom. The van der Waals surface area contributed by atoms with Crippen LogP contribution in [-0.2, 0) is 34.5 Å². The van der Waals surface area contributed by atoms with E-state index in [1.807, 2.05) is 24.3 Å². The molecule has 0 saturated carbocycles. The third kappa shape index (κ3) is 5.56. The molecule has 1 N–H and O–H groups in total. The summed E-state index contributed by atoms with van der Waals surface area (Å²) < 4.78 is 31.1. The zero-order valence-electron chi connectivity index (χ0n) is 21.0. The van der Waals surface area contributed by atoms with Gasteiger partial charge in [-0.2, -0.15) is 4.31 Å². The van der Waals surface area contributed by atoms with E-state index < -0.39 is 16.1 Å². The van der Waals surface area contributed by atoms with E-state index in [9.17, 15) is 18.0 Å². The van der Waals surface area contributed by atoms with Crippen LogP contribution in [0.1, 0.15) is 39.9 Å². The fourth-order valence-corrected chi connectivity index (χ4v) is 5.98. The number of allylic oxidation sites excluding steroid dienone is 1. The normalized spacial score (nSPS) is 21.2. The average Bonchev–Trinajstić information content (AvgIpc) is 3.20. The van der Waals surface area contributed by atoms with Gasteiger partial charge < -0.3 is 15.0 Å². The zero-order chi connectivity index (χ0) is 26.2. The molecule has 10 heteroatoms. The van der Waals surface area contributed by atoms with Crippen LogP contribution in [0.15, 0.2) is 54.7 Å². The monoisotopic (exact) mass is 524 g/mol. The third-order valence-electron chi connectivity index (χ3n) is 7.27. The molecule has 0 bridgehead atoms. The minimum atomic E-state index is -3.13. The van der Waals surface area contributed by atoms with Crippen molar-refractivity contribution in [2.45, 2.75) is 38.6 Å². The van der Waals surface area contributed by atoms with E-state index in [1.54, 1.807) is 11.0 Å². The number of piperidine rings is 1. The number of piperazine rings is 1. The van der Waals surface area contributed by atoms with E-state index in [1.165, 1.54) is 10.6 Å². The molecule has 0 aliphatic carbocycles. The Hall–Kier alpha value is -3.21. The highest BCUT2D eigenvalue weighted by atomic mass is 32.2. The maximum absolute atomic E-state index is 13.0. The third-order valence-corrected chi connectivity index (χ3v) is 8.58. The number of nitrogens with one attached hydrogen (secondary N) is 1. The van der Waals surface area contributed by atoms with E-state index >= 15 is 0 Å². The summed E-state index contributed by atoms with van der Waals surface area (Å²) in [5, 5.41) is 2.76. The summed E-state index contributed by atoms with van der Waals surface area (Å²) in [5.41, 5.74) is 4.26. The molecular weight excluding hydrogens is 492 g/mol. The molecule has 3 aliphatic rings. The molecule has 1 atom stereocenters. The summed E-state index contributed by atoms with van der Waals surface area (Å²) in [6, 6.07) is 13.2. The predicted molar refractivity (Wildman–Crippen MR) is 139 cm³/mol. The van der Waals surface area contributed by atoms with Crippen molar-refractivity contribution >= 4 is 21.8 Å². The fraction of sp³-hybridized carbons (Fsp3) is 0.407. The van der Waals surface area contributed by atoms with Crippen LogP contribution in [0.2, 0.25) is 0 Å². The molecule has 2 aromatic carbocycles. The molecule has 2 aromatic rings. The Morgan fingerprint density at radius 1 is 1.03 bits per heavy atom. The van der Waals surface area contributed by atoms with Gasteiger partial charge in [0.05, 0.1) is 12.8 Å². The number of ether oxygens (including phenoxy) is 1. The summed E-state index contributed by atoms with van der Waals surface area (Å²) >= 11 is 0. The number of carbonyl (C=O) groups is 2. The minimum Gasteiger partial charge on any atom is -0.489 e. The largest absolute Gasteiger partial charge is 0.489 e. The first-order valence-electron chi connectivity index (χ1n) is 12.5. The molecule has 2 saturated heterocycles. The van der Waals surface area contributed by atoms with Crippen molar-refractivity contribution < 1.29 is 22.7 Å². The summed E-state index contributed by atoms with van der Waals surface area (Å²) in [7, 11) is -3.13. The number of amides is 2. The molecule has 2 amide bonds. The summed E-state index contributed by atoms with van der Waals surface area (Å²) in [4.78, 5) is 29.4. The van der Waals surface area contributed by atoms with E-state index in [0.717, 1.165) is 23.2 Å². The van der Waals surface area contributed by atoms with Crippen molar-refractivity contribution in [3.63, 3.8) is 0 Å². The molecule has 1 unspecified atom stereocenters. The van der Waals surface area contributed by atoms with Crippen LogP contribution in [-0.4, -0.2) is 72.8 Å². The van der Waals surface area contributed by atoms with E-state index in [0.29, 0.717) is 69.2 Å². The van der Waals surface area contributed by atoms with Crippen molar-refractivity contribution in [2.75, 3.05) is 32.4 Å². The van der Waals surface area contributed by atoms with Crippen LogP contribution in [0.25, 0.3) is 0 Å². The van der Waals surface area contributed by atoms with Gasteiger partial charge in [0.2, 0.25) is 15.9 Å². The molecule has 196 valence electrons. The Morgan fingerprint density at radius 2 is 1.73 bits per heavy atom. The summed E-state index contributed by atoms with van der Waals surface area (Å²) in [5.74, 6) is 0.328. The van der Waals surface area contributed by atoms with Gasteiger partial charge in [0.25, 0.3) is 5.91 Å². The van der Waals surface area contributed by atoms with Gasteiger partial charge in [-0.3, -0.25) is 14.5 Å². The number of fused-ring (bicyclic) bond motifs is 1. The second-order valence-electron chi connectivity index (χ2n) is 9.91. The summed E-state index contributed by atoms with van der Waals surface area (Å²) in [6.07, 6.45) is 2.49. The van der Waals surface area contributed by atoms with Gasteiger partial charge in [0.1, 0.15) is 18.4 Å². The lowest BCUT2D eigenvalue weighted by Crippen LogP contribution is -2.49. The van der Waals surface area contributed by atoms with E-state index in [-0.39, 0.29) is 11.8 Å². The number of benzene rings is 2. The highest BCUT2D eigenvalue weighted by molar-refractivity contribution is 7.88. The summed E-state index contributed by atoms with van der Waals surface area (Å²) in [6.45, 7) is 7.76. The first kappa shape index (κ1) is 25.4. The maximum Gasteiger partial charge on any atom is 0.255 e. The number of nitrogens with zero attached hydrogens (tertiary/aromatic N) is 3. The molecule has 0 radical (unpaired) electrons. The van der Waals surface area contributed by atoms with Crippen molar-refractivity contribution in [1.29, 1.82) is 0 Å². The SMILES string of the molecule is C=C1CCC(N2Cc3c(OCc4ccc(CN5CCN(S(C)(=O)=O)CC5)cc4)cccc3C2=O)C(=O)N1. The molecular formula is C27H32N4O5S. The molecule has 0 aromatic heterocycles. The number of carbonyl (C=O) groups excluding carboxylic acids is 2. The fourth-order valence-electron chi connectivity index (χ4n) is 5.15.